The van der Waals surface area contributed by atoms with Crippen LogP contribution in [0.1, 0.15) is 17.4 Å². The lowest BCUT2D eigenvalue weighted by atomic mass is 10.1. The van der Waals surface area contributed by atoms with Crippen molar-refractivity contribution in [3.63, 3.8) is 0 Å². The minimum absolute atomic E-state index is 0.0130. The van der Waals surface area contributed by atoms with E-state index in [0.29, 0.717) is 5.39 Å². The number of benzene rings is 1. The smallest absolute Gasteiger partial charge is 0.357 e. The Morgan fingerprint density at radius 3 is 2.50 bits per heavy atom. The third-order valence-electron chi connectivity index (χ3n) is 3.70. The van der Waals surface area contributed by atoms with Crippen LogP contribution in [0.4, 0.5) is 0 Å². The average Bonchev–Trinajstić information content (AvgIpc) is 2.58. The molecular formula is C15H16N2O6S. The van der Waals surface area contributed by atoms with E-state index in [0.717, 1.165) is 4.31 Å². The van der Waals surface area contributed by atoms with Crippen LogP contribution in [-0.2, 0) is 19.6 Å². The number of methoxy groups -OCH3 is 1. The maximum atomic E-state index is 12.8. The van der Waals surface area contributed by atoms with Gasteiger partial charge in [0.15, 0.2) is 5.69 Å². The molecule has 1 heterocycles. The first-order valence-electron chi connectivity index (χ1n) is 6.88. The van der Waals surface area contributed by atoms with E-state index in [-0.39, 0.29) is 16.0 Å². The van der Waals surface area contributed by atoms with E-state index in [1.165, 1.54) is 45.5 Å². The molecule has 2 rings (SSSR count). The number of carboxylic acid groups (broad SMARTS) is 1. The van der Waals surface area contributed by atoms with E-state index in [1.54, 1.807) is 6.07 Å². The van der Waals surface area contributed by atoms with E-state index in [4.69, 9.17) is 5.11 Å². The predicted octanol–water partition coefficient (Wildman–Crippen LogP) is 1.11. The van der Waals surface area contributed by atoms with Gasteiger partial charge in [-0.05, 0) is 19.1 Å². The molecule has 2 aromatic rings. The highest BCUT2D eigenvalue weighted by Crippen LogP contribution is 2.27. The summed E-state index contributed by atoms with van der Waals surface area (Å²) >= 11 is 0. The van der Waals surface area contributed by atoms with Crippen molar-refractivity contribution >= 4 is 32.7 Å². The fraction of sp³-hybridized carbons (Fsp3) is 0.267. The Kier molecular flexibility index (Phi) is 4.86. The standard InChI is InChI=1S/C15H16N2O6S/c1-9(14(18)19)17(2)24(21,22)12-6-4-5-11-10(12)7-8-16-13(11)15(20)23-3/h4-9H,1-3H3,(H,18,19). The van der Waals surface area contributed by atoms with Gasteiger partial charge in [0.1, 0.15) is 6.04 Å². The van der Waals surface area contributed by atoms with Crippen LogP contribution in [0.25, 0.3) is 10.8 Å². The van der Waals surface area contributed by atoms with Gasteiger partial charge >= 0.3 is 11.9 Å². The highest BCUT2D eigenvalue weighted by molar-refractivity contribution is 7.89. The van der Waals surface area contributed by atoms with E-state index in [2.05, 4.69) is 9.72 Å². The van der Waals surface area contributed by atoms with Crippen molar-refractivity contribution in [2.75, 3.05) is 14.2 Å². The van der Waals surface area contributed by atoms with Gasteiger partial charge < -0.3 is 9.84 Å². The van der Waals surface area contributed by atoms with Gasteiger partial charge in [-0.2, -0.15) is 4.31 Å². The number of carbonyl (C=O) groups is 2. The maximum Gasteiger partial charge on any atom is 0.357 e. The molecule has 24 heavy (non-hydrogen) atoms. The fourth-order valence-electron chi connectivity index (χ4n) is 2.18. The van der Waals surface area contributed by atoms with Gasteiger partial charge in [-0.1, -0.05) is 12.1 Å². The molecule has 128 valence electrons. The summed E-state index contributed by atoms with van der Waals surface area (Å²) in [5.41, 5.74) is -0.0130. The molecular weight excluding hydrogens is 336 g/mol. The zero-order valence-corrected chi connectivity index (χ0v) is 14.1. The summed E-state index contributed by atoms with van der Waals surface area (Å²) < 4.78 is 31.0. The molecule has 0 aliphatic carbocycles. The minimum atomic E-state index is -4.09. The van der Waals surface area contributed by atoms with Gasteiger partial charge in [-0.15, -0.1) is 0 Å². The van der Waals surface area contributed by atoms with Crippen LogP contribution >= 0.6 is 0 Å². The van der Waals surface area contributed by atoms with Gasteiger partial charge in [0.05, 0.1) is 12.0 Å². The first-order valence-corrected chi connectivity index (χ1v) is 8.32. The second kappa shape index (κ2) is 6.54. The van der Waals surface area contributed by atoms with Crippen LogP contribution in [-0.4, -0.2) is 55.0 Å². The Morgan fingerprint density at radius 2 is 1.92 bits per heavy atom. The van der Waals surface area contributed by atoms with Crippen LogP contribution in [0, 0.1) is 0 Å². The summed E-state index contributed by atoms with van der Waals surface area (Å²) in [6, 6.07) is 4.57. The molecule has 0 aliphatic heterocycles. The Labute approximate surface area is 138 Å². The highest BCUT2D eigenvalue weighted by Gasteiger charge is 2.31. The van der Waals surface area contributed by atoms with Gasteiger partial charge in [-0.25, -0.2) is 18.2 Å². The molecule has 0 bridgehead atoms. The molecule has 1 aromatic carbocycles. The first-order chi connectivity index (χ1) is 11.2. The normalized spacial score (nSPS) is 13.0. The molecule has 8 nitrogen and oxygen atoms in total. The van der Waals surface area contributed by atoms with Gasteiger partial charge in [0, 0.05) is 24.0 Å². The van der Waals surface area contributed by atoms with Crippen molar-refractivity contribution in [2.24, 2.45) is 0 Å². The number of rotatable bonds is 5. The lowest BCUT2D eigenvalue weighted by Gasteiger charge is -2.22. The SMILES string of the molecule is COC(=O)c1nccc2c(S(=O)(=O)N(C)C(C)C(=O)O)cccc12. The maximum absolute atomic E-state index is 12.8. The van der Waals surface area contributed by atoms with Gasteiger partial charge in [0.25, 0.3) is 0 Å². The third kappa shape index (κ3) is 2.95. The fourth-order valence-corrected chi connectivity index (χ4v) is 3.70. The summed E-state index contributed by atoms with van der Waals surface area (Å²) in [5.74, 6) is -1.96. The molecule has 0 spiro atoms. The number of sulfonamides is 1. The van der Waals surface area contributed by atoms with Gasteiger partial charge in [-0.3, -0.25) is 4.79 Å². The summed E-state index contributed by atoms with van der Waals surface area (Å²) in [6.07, 6.45) is 1.30. The molecule has 0 saturated carbocycles. The number of pyridine rings is 1. The predicted molar refractivity (Wildman–Crippen MR) is 85.1 cm³/mol. The summed E-state index contributed by atoms with van der Waals surface area (Å²) in [6.45, 7) is 1.27. The molecule has 1 unspecified atom stereocenters. The number of ether oxygens (including phenoxy) is 1. The van der Waals surface area contributed by atoms with Gasteiger partial charge in [0.2, 0.25) is 10.0 Å². The largest absolute Gasteiger partial charge is 0.480 e. The zero-order valence-electron chi connectivity index (χ0n) is 13.3. The van der Waals surface area contributed by atoms with E-state index >= 15 is 0 Å². The Hall–Kier alpha value is -2.52. The Morgan fingerprint density at radius 1 is 1.25 bits per heavy atom. The minimum Gasteiger partial charge on any atom is -0.480 e. The molecule has 9 heteroatoms. The monoisotopic (exact) mass is 352 g/mol. The van der Waals surface area contributed by atoms with E-state index in [1.807, 2.05) is 0 Å². The van der Waals surface area contributed by atoms with Crippen LogP contribution in [0.3, 0.4) is 0 Å². The number of carbonyl (C=O) groups excluding carboxylic acids is 1. The van der Waals surface area contributed by atoms with Crippen molar-refractivity contribution in [3.8, 4) is 0 Å². The number of likely N-dealkylation sites (N-methyl/N-ethyl adjacent to an activating group) is 1. The van der Waals surface area contributed by atoms with Crippen molar-refractivity contribution in [3.05, 3.63) is 36.2 Å². The van der Waals surface area contributed by atoms with Crippen LogP contribution in [0.5, 0.6) is 0 Å². The first kappa shape index (κ1) is 17.8. The van der Waals surface area contributed by atoms with Crippen molar-refractivity contribution < 1.29 is 27.9 Å². The van der Waals surface area contributed by atoms with Crippen molar-refractivity contribution in [1.29, 1.82) is 0 Å². The molecule has 0 aliphatic rings. The second-order valence-electron chi connectivity index (χ2n) is 5.04. The molecule has 0 amide bonds. The van der Waals surface area contributed by atoms with Crippen LogP contribution in [0.2, 0.25) is 0 Å². The zero-order chi connectivity index (χ0) is 18.1. The Bertz CT molecular complexity index is 909. The second-order valence-corrected chi connectivity index (χ2v) is 7.00. The third-order valence-corrected chi connectivity index (χ3v) is 5.69. The highest BCUT2D eigenvalue weighted by atomic mass is 32.2. The van der Waals surface area contributed by atoms with Crippen LogP contribution < -0.4 is 0 Å². The molecule has 1 aromatic heterocycles. The number of fused-ring (bicyclic) bond motifs is 1. The lowest BCUT2D eigenvalue weighted by Crippen LogP contribution is -2.40. The summed E-state index contributed by atoms with van der Waals surface area (Å²) in [5, 5.41) is 9.62. The number of nitrogens with zero attached hydrogens (tertiary/aromatic N) is 2. The number of hydrogen-bond donors (Lipinski definition) is 1. The number of aromatic nitrogens is 1. The Balaban J connectivity index is 2.70. The molecule has 0 saturated heterocycles. The van der Waals surface area contributed by atoms with Crippen molar-refractivity contribution in [1.82, 2.24) is 9.29 Å². The topological polar surface area (TPSA) is 114 Å². The number of esters is 1. The van der Waals surface area contributed by atoms with Crippen LogP contribution in [0.15, 0.2) is 35.4 Å². The number of aliphatic carboxylic acids is 1. The van der Waals surface area contributed by atoms with E-state index in [9.17, 15) is 18.0 Å². The molecule has 1 atom stereocenters. The van der Waals surface area contributed by atoms with Crippen molar-refractivity contribution in [2.45, 2.75) is 17.9 Å². The molecule has 0 fully saturated rings. The average molecular weight is 352 g/mol. The number of hydrogen-bond acceptors (Lipinski definition) is 6. The number of carboxylic acids is 1. The summed E-state index contributed by atoms with van der Waals surface area (Å²) in [7, 11) is -1.70. The lowest BCUT2D eigenvalue weighted by molar-refractivity contribution is -0.140. The molecule has 0 radical (unpaired) electrons. The summed E-state index contributed by atoms with van der Waals surface area (Å²) in [4.78, 5) is 26.7. The van der Waals surface area contributed by atoms with E-state index < -0.39 is 28.0 Å². The quantitative estimate of drug-likeness (QED) is 0.802. The molecule has 1 N–H and O–H groups in total.